The predicted octanol–water partition coefficient (Wildman–Crippen LogP) is 3.71. The summed E-state index contributed by atoms with van der Waals surface area (Å²) in [5.41, 5.74) is 0.892. The first-order chi connectivity index (χ1) is 13.1. The Labute approximate surface area is 163 Å². The number of amides is 2. The zero-order valence-corrected chi connectivity index (χ0v) is 15.8. The van der Waals surface area contributed by atoms with E-state index in [1.165, 1.54) is 6.20 Å². The molecular formula is C20H23ClN4O2. The lowest BCUT2D eigenvalue weighted by Gasteiger charge is -2.22. The lowest BCUT2D eigenvalue weighted by atomic mass is 9.93. The van der Waals surface area contributed by atoms with Gasteiger partial charge in [-0.05, 0) is 62.5 Å². The number of rotatable bonds is 6. The number of hydrogen-bond acceptors (Lipinski definition) is 4. The van der Waals surface area contributed by atoms with Crippen LogP contribution in [-0.2, 0) is 4.79 Å². The smallest absolute Gasteiger partial charge is 0.258 e. The molecule has 3 rings (SSSR count). The molecule has 0 bridgehead atoms. The van der Waals surface area contributed by atoms with E-state index in [2.05, 4.69) is 20.9 Å². The van der Waals surface area contributed by atoms with Gasteiger partial charge in [0.05, 0.1) is 16.3 Å². The highest BCUT2D eigenvalue weighted by Gasteiger charge is 2.17. The number of pyridine rings is 1. The Morgan fingerprint density at radius 1 is 1.11 bits per heavy atom. The van der Waals surface area contributed by atoms with Gasteiger partial charge in [0.2, 0.25) is 5.91 Å². The molecule has 0 atom stereocenters. The molecule has 0 aliphatic carbocycles. The maximum absolute atomic E-state index is 12.6. The molecule has 0 saturated carbocycles. The second-order valence-corrected chi connectivity index (χ2v) is 7.08. The third-order valence-corrected chi connectivity index (χ3v) is 4.88. The number of halogens is 1. The summed E-state index contributed by atoms with van der Waals surface area (Å²) in [5, 5.41) is 9.41. The monoisotopic (exact) mass is 386 g/mol. The Morgan fingerprint density at radius 3 is 2.63 bits per heavy atom. The largest absolute Gasteiger partial charge is 0.325 e. The summed E-state index contributed by atoms with van der Waals surface area (Å²) in [4.78, 5) is 29.0. The van der Waals surface area contributed by atoms with Crippen LogP contribution in [0.25, 0.3) is 0 Å². The first kappa shape index (κ1) is 19.3. The molecule has 1 aliphatic heterocycles. The van der Waals surface area contributed by atoms with Crippen LogP contribution in [0.15, 0.2) is 42.6 Å². The van der Waals surface area contributed by atoms with Crippen molar-refractivity contribution in [1.82, 2.24) is 10.3 Å². The van der Waals surface area contributed by atoms with E-state index in [-0.39, 0.29) is 11.8 Å². The minimum atomic E-state index is -0.334. The molecule has 1 saturated heterocycles. The summed E-state index contributed by atoms with van der Waals surface area (Å²) < 4.78 is 0. The summed E-state index contributed by atoms with van der Waals surface area (Å²) in [7, 11) is 0. The number of benzene rings is 1. The lowest BCUT2D eigenvalue weighted by Crippen LogP contribution is -2.28. The highest BCUT2D eigenvalue weighted by atomic mass is 35.5. The van der Waals surface area contributed by atoms with Gasteiger partial charge in [0.1, 0.15) is 5.82 Å². The Morgan fingerprint density at radius 2 is 1.89 bits per heavy atom. The van der Waals surface area contributed by atoms with E-state index in [4.69, 9.17) is 11.6 Å². The third kappa shape index (κ3) is 5.77. The van der Waals surface area contributed by atoms with Crippen molar-refractivity contribution in [3.05, 3.63) is 53.2 Å². The van der Waals surface area contributed by atoms with Crippen molar-refractivity contribution in [3.63, 3.8) is 0 Å². The van der Waals surface area contributed by atoms with Crippen molar-refractivity contribution in [2.75, 3.05) is 23.7 Å². The van der Waals surface area contributed by atoms with E-state index >= 15 is 0 Å². The number of hydrogen-bond donors (Lipinski definition) is 3. The van der Waals surface area contributed by atoms with E-state index in [9.17, 15) is 9.59 Å². The van der Waals surface area contributed by atoms with Crippen molar-refractivity contribution < 1.29 is 9.59 Å². The quantitative estimate of drug-likeness (QED) is 0.706. The van der Waals surface area contributed by atoms with E-state index in [0.717, 1.165) is 32.4 Å². The van der Waals surface area contributed by atoms with Crippen molar-refractivity contribution >= 4 is 34.9 Å². The minimum absolute atomic E-state index is 0.0709. The van der Waals surface area contributed by atoms with Gasteiger partial charge in [0.25, 0.3) is 5.91 Å². The van der Waals surface area contributed by atoms with Gasteiger partial charge in [0.15, 0.2) is 0 Å². The number of nitrogens with one attached hydrogen (secondary N) is 3. The van der Waals surface area contributed by atoms with Crippen LogP contribution in [0.1, 0.15) is 36.0 Å². The predicted molar refractivity (Wildman–Crippen MR) is 107 cm³/mol. The van der Waals surface area contributed by atoms with Gasteiger partial charge in [-0.3, -0.25) is 9.59 Å². The number of carbonyl (C=O) groups excluding carboxylic acids is 2. The molecule has 6 nitrogen and oxygen atoms in total. The molecule has 2 amide bonds. The number of nitrogens with zero attached hydrogens (tertiary/aromatic N) is 1. The summed E-state index contributed by atoms with van der Waals surface area (Å²) in [6, 6.07) is 10.2. The first-order valence-electron chi connectivity index (χ1n) is 9.14. The van der Waals surface area contributed by atoms with Crippen molar-refractivity contribution in [3.8, 4) is 0 Å². The van der Waals surface area contributed by atoms with Gasteiger partial charge in [0, 0.05) is 12.6 Å². The Hall–Kier alpha value is -2.44. The van der Waals surface area contributed by atoms with Crippen LogP contribution in [0, 0.1) is 5.92 Å². The third-order valence-electron chi connectivity index (χ3n) is 4.65. The number of aromatic nitrogens is 1. The Kier molecular flexibility index (Phi) is 6.79. The van der Waals surface area contributed by atoms with Gasteiger partial charge >= 0.3 is 0 Å². The maximum Gasteiger partial charge on any atom is 0.258 e. The number of piperidine rings is 1. The first-order valence-corrected chi connectivity index (χ1v) is 9.52. The van der Waals surface area contributed by atoms with Crippen LogP contribution in [0.2, 0.25) is 5.02 Å². The van der Waals surface area contributed by atoms with E-state index in [1.807, 2.05) is 0 Å². The molecule has 0 unspecified atom stereocenters. The molecule has 1 aromatic heterocycles. The molecule has 142 valence electrons. The Bertz CT molecular complexity index is 789. The molecule has 0 radical (unpaired) electrons. The molecule has 1 aromatic carbocycles. The number of para-hydroxylation sites is 1. The molecule has 0 spiro atoms. The van der Waals surface area contributed by atoms with Gasteiger partial charge in [-0.15, -0.1) is 0 Å². The van der Waals surface area contributed by atoms with E-state index < -0.39 is 0 Å². The number of carbonyl (C=O) groups is 2. The van der Waals surface area contributed by atoms with E-state index in [0.29, 0.717) is 34.4 Å². The summed E-state index contributed by atoms with van der Waals surface area (Å²) in [6.45, 7) is 2.04. The fraction of sp³-hybridized carbons (Fsp3) is 0.350. The zero-order valence-electron chi connectivity index (χ0n) is 15.0. The SMILES string of the molecule is O=C(CCC1CCNCC1)Nc1ccccc1C(=O)Nc1ccc(Cl)cn1. The molecule has 27 heavy (non-hydrogen) atoms. The van der Waals surface area contributed by atoms with Crippen LogP contribution < -0.4 is 16.0 Å². The number of anilines is 2. The van der Waals surface area contributed by atoms with Crippen LogP contribution in [0.5, 0.6) is 0 Å². The normalized spacial score (nSPS) is 14.6. The van der Waals surface area contributed by atoms with Crippen LogP contribution in [0.3, 0.4) is 0 Å². The van der Waals surface area contributed by atoms with E-state index in [1.54, 1.807) is 36.4 Å². The Balaban J connectivity index is 1.59. The highest BCUT2D eigenvalue weighted by molar-refractivity contribution is 6.30. The average Bonchev–Trinajstić information content (AvgIpc) is 2.69. The topological polar surface area (TPSA) is 83.1 Å². The molecule has 2 heterocycles. The van der Waals surface area contributed by atoms with Gasteiger partial charge in [-0.2, -0.15) is 0 Å². The van der Waals surface area contributed by atoms with Crippen molar-refractivity contribution in [2.45, 2.75) is 25.7 Å². The standard InChI is InChI=1S/C20H23ClN4O2/c21-15-6-7-18(23-13-15)25-20(27)16-3-1-2-4-17(16)24-19(26)8-5-14-9-11-22-12-10-14/h1-4,6-7,13-14,22H,5,8-12H2,(H,24,26)(H,23,25,27). The highest BCUT2D eigenvalue weighted by Crippen LogP contribution is 2.20. The van der Waals surface area contributed by atoms with Crippen LogP contribution in [-0.4, -0.2) is 29.9 Å². The minimum Gasteiger partial charge on any atom is -0.325 e. The molecule has 1 aliphatic rings. The molecule has 3 N–H and O–H groups in total. The summed E-state index contributed by atoms with van der Waals surface area (Å²) in [6.07, 6.45) is 5.02. The van der Waals surface area contributed by atoms with Gasteiger partial charge in [-0.1, -0.05) is 23.7 Å². The molecule has 1 fully saturated rings. The molecule has 7 heteroatoms. The summed E-state index contributed by atoms with van der Waals surface area (Å²) >= 11 is 5.81. The average molecular weight is 387 g/mol. The van der Waals surface area contributed by atoms with Crippen molar-refractivity contribution in [2.24, 2.45) is 5.92 Å². The van der Waals surface area contributed by atoms with Crippen molar-refractivity contribution in [1.29, 1.82) is 0 Å². The fourth-order valence-electron chi connectivity index (χ4n) is 3.14. The fourth-order valence-corrected chi connectivity index (χ4v) is 3.25. The molecular weight excluding hydrogens is 364 g/mol. The van der Waals surface area contributed by atoms with Crippen LogP contribution in [0.4, 0.5) is 11.5 Å². The second kappa shape index (κ2) is 9.48. The van der Waals surface area contributed by atoms with Crippen LogP contribution >= 0.6 is 11.6 Å². The lowest BCUT2D eigenvalue weighted by molar-refractivity contribution is -0.116. The van der Waals surface area contributed by atoms with Gasteiger partial charge < -0.3 is 16.0 Å². The maximum atomic E-state index is 12.6. The summed E-state index contributed by atoms with van der Waals surface area (Å²) in [5.74, 6) is 0.584. The van der Waals surface area contributed by atoms with Gasteiger partial charge in [-0.25, -0.2) is 4.98 Å². The second-order valence-electron chi connectivity index (χ2n) is 6.64. The molecule has 2 aromatic rings. The zero-order chi connectivity index (χ0) is 19.1.